The first-order chi connectivity index (χ1) is 8.27. The molecule has 17 heavy (non-hydrogen) atoms. The summed E-state index contributed by atoms with van der Waals surface area (Å²) in [6.45, 7) is 0. The van der Waals surface area contributed by atoms with E-state index in [2.05, 4.69) is 5.32 Å². The molecule has 1 unspecified atom stereocenters. The number of amides is 1. The number of para-hydroxylation sites is 1. The van der Waals surface area contributed by atoms with Crippen molar-refractivity contribution in [1.29, 1.82) is 0 Å². The van der Waals surface area contributed by atoms with Gasteiger partial charge in [-0.2, -0.15) is 0 Å². The highest BCUT2D eigenvalue weighted by atomic mass is 16.2. The summed E-state index contributed by atoms with van der Waals surface area (Å²) >= 11 is 0. The van der Waals surface area contributed by atoms with Crippen molar-refractivity contribution in [2.24, 2.45) is 5.73 Å². The lowest BCUT2D eigenvalue weighted by Crippen LogP contribution is -2.27. The zero-order chi connectivity index (χ0) is 12.1. The van der Waals surface area contributed by atoms with Crippen LogP contribution in [0.2, 0.25) is 0 Å². The summed E-state index contributed by atoms with van der Waals surface area (Å²) in [5.74, 6) is -0.206. The van der Waals surface area contributed by atoms with Gasteiger partial charge >= 0.3 is 0 Å². The summed E-state index contributed by atoms with van der Waals surface area (Å²) in [7, 11) is 0. The van der Waals surface area contributed by atoms with Crippen molar-refractivity contribution in [3.8, 4) is 0 Å². The number of carbonyl (C=O) groups excluding carboxylic acids is 1. The lowest BCUT2D eigenvalue weighted by atomic mass is 10.1. The Labute approximate surface area is 100 Å². The molecule has 0 heterocycles. The molecule has 0 aliphatic rings. The van der Waals surface area contributed by atoms with Gasteiger partial charge in [-0.25, -0.2) is 0 Å². The van der Waals surface area contributed by atoms with Gasteiger partial charge in [-0.3, -0.25) is 4.79 Å². The molecule has 2 aromatic rings. The first-order valence-electron chi connectivity index (χ1n) is 5.44. The van der Waals surface area contributed by atoms with Gasteiger partial charge in [-0.1, -0.05) is 48.5 Å². The van der Waals surface area contributed by atoms with Crippen LogP contribution in [0.3, 0.4) is 0 Å². The van der Waals surface area contributed by atoms with Gasteiger partial charge in [-0.05, 0) is 17.7 Å². The summed E-state index contributed by atoms with van der Waals surface area (Å²) < 4.78 is 0. The molecule has 0 aliphatic carbocycles. The van der Waals surface area contributed by atoms with Crippen molar-refractivity contribution >= 4 is 11.6 Å². The third kappa shape index (κ3) is 2.92. The Hall–Kier alpha value is -2.13. The molecule has 86 valence electrons. The van der Waals surface area contributed by atoms with E-state index in [1.807, 2.05) is 60.7 Å². The van der Waals surface area contributed by atoms with Crippen LogP contribution in [-0.2, 0) is 4.79 Å². The smallest absolute Gasteiger partial charge is 0.245 e. The summed E-state index contributed by atoms with van der Waals surface area (Å²) in [4.78, 5) is 11.9. The molecule has 0 radical (unpaired) electrons. The molecule has 3 N–H and O–H groups in total. The highest BCUT2D eigenvalue weighted by Gasteiger charge is 2.14. The summed E-state index contributed by atoms with van der Waals surface area (Å²) in [5.41, 5.74) is 7.43. The van der Waals surface area contributed by atoms with Gasteiger partial charge in [0.15, 0.2) is 0 Å². The maximum atomic E-state index is 11.9. The average molecular weight is 226 g/mol. The van der Waals surface area contributed by atoms with Crippen molar-refractivity contribution in [3.63, 3.8) is 0 Å². The van der Waals surface area contributed by atoms with E-state index in [-0.39, 0.29) is 5.91 Å². The Morgan fingerprint density at radius 1 is 0.941 bits per heavy atom. The Kier molecular flexibility index (Phi) is 3.52. The van der Waals surface area contributed by atoms with Gasteiger partial charge in [0.1, 0.15) is 6.04 Å². The number of carbonyl (C=O) groups is 1. The molecule has 0 spiro atoms. The van der Waals surface area contributed by atoms with Crippen LogP contribution in [0.15, 0.2) is 60.7 Å². The van der Waals surface area contributed by atoms with Crippen LogP contribution in [0.4, 0.5) is 5.69 Å². The lowest BCUT2D eigenvalue weighted by molar-refractivity contribution is -0.117. The van der Waals surface area contributed by atoms with Crippen LogP contribution >= 0.6 is 0 Å². The van der Waals surface area contributed by atoms with Crippen molar-refractivity contribution in [2.75, 3.05) is 5.32 Å². The van der Waals surface area contributed by atoms with E-state index in [1.54, 1.807) is 0 Å². The summed E-state index contributed by atoms with van der Waals surface area (Å²) in [6.07, 6.45) is 0. The Balaban J connectivity index is 2.06. The van der Waals surface area contributed by atoms with Crippen LogP contribution in [-0.4, -0.2) is 5.91 Å². The molecule has 0 saturated carbocycles. The van der Waals surface area contributed by atoms with E-state index in [0.29, 0.717) is 0 Å². The maximum absolute atomic E-state index is 11.9. The third-order valence-electron chi connectivity index (χ3n) is 2.48. The monoisotopic (exact) mass is 226 g/mol. The van der Waals surface area contributed by atoms with Crippen molar-refractivity contribution in [2.45, 2.75) is 6.04 Å². The number of nitrogens with one attached hydrogen (secondary N) is 1. The fourth-order valence-electron chi connectivity index (χ4n) is 1.55. The predicted octanol–water partition coefficient (Wildman–Crippen LogP) is 2.33. The third-order valence-corrected chi connectivity index (χ3v) is 2.48. The standard InChI is InChI=1S/C14H14N2O/c15-13(11-7-3-1-4-8-11)14(17)16-12-9-5-2-6-10-12/h1-10,13H,15H2,(H,16,17). The van der Waals surface area contributed by atoms with Gasteiger partial charge in [0, 0.05) is 5.69 Å². The number of hydrogen-bond donors (Lipinski definition) is 2. The zero-order valence-corrected chi connectivity index (χ0v) is 9.34. The van der Waals surface area contributed by atoms with E-state index in [9.17, 15) is 4.79 Å². The minimum absolute atomic E-state index is 0.206. The molecule has 0 saturated heterocycles. The molecule has 0 aliphatic heterocycles. The highest BCUT2D eigenvalue weighted by molar-refractivity contribution is 5.95. The number of anilines is 1. The van der Waals surface area contributed by atoms with Gasteiger partial charge in [0.05, 0.1) is 0 Å². The SMILES string of the molecule is NC(C(=O)Nc1ccccc1)c1ccccc1. The molecular weight excluding hydrogens is 212 g/mol. The van der Waals surface area contributed by atoms with E-state index in [1.165, 1.54) is 0 Å². The first kappa shape index (κ1) is 11.4. The molecule has 1 amide bonds. The van der Waals surface area contributed by atoms with Crippen molar-refractivity contribution < 1.29 is 4.79 Å². The van der Waals surface area contributed by atoms with Crippen LogP contribution in [0.5, 0.6) is 0 Å². The van der Waals surface area contributed by atoms with E-state index < -0.39 is 6.04 Å². The quantitative estimate of drug-likeness (QED) is 0.843. The molecule has 2 rings (SSSR count). The molecule has 0 bridgehead atoms. The Morgan fingerprint density at radius 3 is 2.06 bits per heavy atom. The largest absolute Gasteiger partial charge is 0.324 e. The molecule has 1 atom stereocenters. The number of rotatable bonds is 3. The topological polar surface area (TPSA) is 55.1 Å². The lowest BCUT2D eigenvalue weighted by Gasteiger charge is -2.12. The fourth-order valence-corrected chi connectivity index (χ4v) is 1.55. The van der Waals surface area contributed by atoms with Crippen LogP contribution in [0.1, 0.15) is 11.6 Å². The normalized spacial score (nSPS) is 11.8. The second-order valence-corrected chi connectivity index (χ2v) is 3.74. The van der Waals surface area contributed by atoms with Crippen molar-refractivity contribution in [1.82, 2.24) is 0 Å². The van der Waals surface area contributed by atoms with Crippen LogP contribution in [0, 0.1) is 0 Å². The van der Waals surface area contributed by atoms with Gasteiger partial charge in [0.25, 0.3) is 0 Å². The number of nitrogens with two attached hydrogens (primary N) is 1. The van der Waals surface area contributed by atoms with E-state index in [4.69, 9.17) is 5.73 Å². The Morgan fingerprint density at radius 2 is 1.47 bits per heavy atom. The van der Waals surface area contributed by atoms with Crippen LogP contribution in [0.25, 0.3) is 0 Å². The average Bonchev–Trinajstić information content (AvgIpc) is 2.40. The van der Waals surface area contributed by atoms with E-state index >= 15 is 0 Å². The maximum Gasteiger partial charge on any atom is 0.245 e. The second-order valence-electron chi connectivity index (χ2n) is 3.74. The summed E-state index contributed by atoms with van der Waals surface area (Å²) in [5, 5.41) is 2.78. The fraction of sp³-hybridized carbons (Fsp3) is 0.0714. The summed E-state index contributed by atoms with van der Waals surface area (Å²) in [6, 6.07) is 18.0. The first-order valence-corrected chi connectivity index (χ1v) is 5.44. The molecule has 3 nitrogen and oxygen atoms in total. The number of benzene rings is 2. The molecular formula is C14H14N2O. The highest BCUT2D eigenvalue weighted by Crippen LogP contribution is 2.13. The zero-order valence-electron chi connectivity index (χ0n) is 9.34. The molecule has 0 aromatic heterocycles. The van der Waals surface area contributed by atoms with E-state index in [0.717, 1.165) is 11.3 Å². The molecule has 0 fully saturated rings. The minimum atomic E-state index is -0.642. The van der Waals surface area contributed by atoms with Gasteiger partial charge in [0.2, 0.25) is 5.91 Å². The Bertz CT molecular complexity index is 482. The van der Waals surface area contributed by atoms with Gasteiger partial charge < -0.3 is 11.1 Å². The second kappa shape index (κ2) is 5.27. The minimum Gasteiger partial charge on any atom is -0.324 e. The number of hydrogen-bond acceptors (Lipinski definition) is 2. The molecule has 2 aromatic carbocycles. The van der Waals surface area contributed by atoms with Crippen LogP contribution < -0.4 is 11.1 Å². The van der Waals surface area contributed by atoms with Gasteiger partial charge in [-0.15, -0.1) is 0 Å². The predicted molar refractivity (Wildman–Crippen MR) is 68.4 cm³/mol. The van der Waals surface area contributed by atoms with Crippen molar-refractivity contribution in [3.05, 3.63) is 66.2 Å². The molecule has 3 heteroatoms.